The average molecular weight is 340 g/mol. The zero-order valence-electron chi connectivity index (χ0n) is 15.3. The van der Waals surface area contributed by atoms with Gasteiger partial charge in [-0.1, -0.05) is 33.6 Å². The Labute approximate surface area is 145 Å². The predicted octanol–water partition coefficient (Wildman–Crippen LogP) is 3.80. The number of ether oxygens (including phenoxy) is 5. The van der Waals surface area contributed by atoms with Crippen LogP contribution < -0.4 is 0 Å². The van der Waals surface area contributed by atoms with E-state index in [4.69, 9.17) is 23.7 Å². The van der Waals surface area contributed by atoms with Gasteiger partial charge in [-0.15, -0.1) is 0 Å². The molecule has 5 heteroatoms. The average Bonchev–Trinajstić information content (AvgIpc) is 3.01. The Kier molecular flexibility index (Phi) is 8.09. The van der Waals surface area contributed by atoms with Gasteiger partial charge in [-0.3, -0.25) is 0 Å². The summed E-state index contributed by atoms with van der Waals surface area (Å²) in [6, 6.07) is 0. The Morgan fingerprint density at radius 1 is 1.00 bits per heavy atom. The molecule has 138 valence electrons. The van der Waals surface area contributed by atoms with Crippen LogP contribution in [0.5, 0.6) is 0 Å². The first-order valence-corrected chi connectivity index (χ1v) is 9.22. The van der Waals surface area contributed by atoms with E-state index in [1.807, 2.05) is 0 Å². The molecule has 0 saturated carbocycles. The van der Waals surface area contributed by atoms with Crippen molar-refractivity contribution in [2.24, 2.45) is 5.92 Å². The van der Waals surface area contributed by atoms with Gasteiger partial charge in [-0.05, 0) is 25.0 Å². The van der Waals surface area contributed by atoms with Crippen molar-refractivity contribution in [3.63, 3.8) is 0 Å². The Bertz CT molecular complexity index is 431. The number of rotatable bonds is 12. The molecule has 0 spiro atoms. The molecule has 2 atom stereocenters. The molecule has 0 aromatic rings. The molecule has 0 N–H and O–H groups in total. The lowest BCUT2D eigenvalue weighted by Crippen LogP contribution is -2.40. The Hall–Kier alpha value is -1.04. The van der Waals surface area contributed by atoms with Gasteiger partial charge >= 0.3 is 0 Å². The van der Waals surface area contributed by atoms with Crippen LogP contribution in [0.3, 0.4) is 0 Å². The summed E-state index contributed by atoms with van der Waals surface area (Å²) >= 11 is 0. The monoisotopic (exact) mass is 340 g/mol. The van der Waals surface area contributed by atoms with Crippen molar-refractivity contribution in [2.45, 2.75) is 52.1 Å². The van der Waals surface area contributed by atoms with E-state index >= 15 is 0 Å². The normalized spacial score (nSPS) is 25.5. The summed E-state index contributed by atoms with van der Waals surface area (Å²) in [5, 5.41) is 0. The minimum absolute atomic E-state index is 0.246. The van der Waals surface area contributed by atoms with Gasteiger partial charge < -0.3 is 23.7 Å². The zero-order valence-corrected chi connectivity index (χ0v) is 15.3. The molecule has 24 heavy (non-hydrogen) atoms. The van der Waals surface area contributed by atoms with Gasteiger partial charge in [0.05, 0.1) is 32.0 Å². The first-order valence-electron chi connectivity index (χ1n) is 9.22. The predicted molar refractivity (Wildman–Crippen MR) is 92.5 cm³/mol. The lowest BCUT2D eigenvalue weighted by Gasteiger charge is -2.37. The van der Waals surface area contributed by atoms with E-state index in [-0.39, 0.29) is 11.5 Å². The summed E-state index contributed by atoms with van der Waals surface area (Å²) in [5.74, 6) is 1.90. The maximum atomic E-state index is 6.25. The Morgan fingerprint density at radius 2 is 1.71 bits per heavy atom. The van der Waals surface area contributed by atoms with Crippen LogP contribution in [0.15, 0.2) is 23.7 Å². The highest BCUT2D eigenvalue weighted by molar-refractivity contribution is 5.33. The third-order valence-corrected chi connectivity index (χ3v) is 4.47. The summed E-state index contributed by atoms with van der Waals surface area (Å²) in [6.07, 6.45) is 8.47. The second-order valence-corrected chi connectivity index (χ2v) is 6.37. The maximum Gasteiger partial charge on any atom is 0.231 e. The van der Waals surface area contributed by atoms with E-state index in [1.54, 1.807) is 0 Å². The second kappa shape index (κ2) is 10.1. The summed E-state index contributed by atoms with van der Waals surface area (Å²) in [6.45, 7) is 10.0. The first kappa shape index (κ1) is 19.3. The molecule has 1 aliphatic carbocycles. The Morgan fingerprint density at radius 3 is 2.46 bits per heavy atom. The summed E-state index contributed by atoms with van der Waals surface area (Å²) < 4.78 is 28.4. The number of hydrogen-bond donors (Lipinski definition) is 0. The van der Waals surface area contributed by atoms with Crippen molar-refractivity contribution in [1.82, 2.24) is 0 Å². The summed E-state index contributed by atoms with van der Waals surface area (Å²) in [7, 11) is 0. The van der Waals surface area contributed by atoms with Crippen molar-refractivity contribution >= 4 is 0 Å². The van der Waals surface area contributed by atoms with Crippen LogP contribution in [0.25, 0.3) is 0 Å². The van der Waals surface area contributed by atoms with Crippen molar-refractivity contribution in [2.75, 3.05) is 39.8 Å². The quantitative estimate of drug-likeness (QED) is 0.506. The number of unbranched alkanes of at least 4 members (excludes halogenated alkanes) is 1. The first-order chi connectivity index (χ1) is 11.7. The van der Waals surface area contributed by atoms with Crippen molar-refractivity contribution < 1.29 is 23.7 Å². The molecule has 1 fully saturated rings. The fourth-order valence-electron chi connectivity index (χ4n) is 3.06. The lowest BCUT2D eigenvalue weighted by atomic mass is 9.80. The van der Waals surface area contributed by atoms with Crippen LogP contribution in [0.4, 0.5) is 0 Å². The standard InChI is InChI=1S/C19H32O5/c1-4-6-8-20-9-10-21-11-12-24-19(7-5-2)14-18-17(13-16(19)3)22-15-23-18/h13-14,16H,4-12,15H2,1-3H3. The molecule has 2 rings (SSSR count). The van der Waals surface area contributed by atoms with Crippen molar-refractivity contribution in [3.05, 3.63) is 23.7 Å². The number of hydrogen-bond acceptors (Lipinski definition) is 5. The third-order valence-electron chi connectivity index (χ3n) is 4.47. The summed E-state index contributed by atoms with van der Waals surface area (Å²) in [4.78, 5) is 0. The minimum Gasteiger partial charge on any atom is -0.454 e. The van der Waals surface area contributed by atoms with E-state index in [0.29, 0.717) is 33.2 Å². The maximum absolute atomic E-state index is 6.25. The SMILES string of the molecule is CCCCOCCOCCOC1(CCC)C=C2OCOC2=CC1C. The van der Waals surface area contributed by atoms with E-state index in [2.05, 4.69) is 32.9 Å². The minimum atomic E-state index is -0.331. The van der Waals surface area contributed by atoms with E-state index < -0.39 is 0 Å². The topological polar surface area (TPSA) is 46.2 Å². The van der Waals surface area contributed by atoms with Gasteiger partial charge in [0, 0.05) is 12.5 Å². The highest BCUT2D eigenvalue weighted by Gasteiger charge is 2.40. The molecule has 0 radical (unpaired) electrons. The van der Waals surface area contributed by atoms with E-state index in [9.17, 15) is 0 Å². The molecule has 2 unspecified atom stereocenters. The van der Waals surface area contributed by atoms with Crippen molar-refractivity contribution in [3.8, 4) is 0 Å². The lowest BCUT2D eigenvalue weighted by molar-refractivity contribution is -0.0698. The molecule has 1 heterocycles. The molecular weight excluding hydrogens is 308 g/mol. The second-order valence-electron chi connectivity index (χ2n) is 6.37. The largest absolute Gasteiger partial charge is 0.454 e. The van der Waals surface area contributed by atoms with Crippen LogP contribution in [-0.2, 0) is 23.7 Å². The third kappa shape index (κ3) is 5.23. The van der Waals surface area contributed by atoms with Gasteiger partial charge in [-0.2, -0.15) is 0 Å². The Balaban J connectivity index is 1.73. The van der Waals surface area contributed by atoms with Crippen LogP contribution >= 0.6 is 0 Å². The zero-order chi connectivity index (χ0) is 17.3. The van der Waals surface area contributed by atoms with Gasteiger partial charge in [0.15, 0.2) is 11.5 Å². The van der Waals surface area contributed by atoms with Gasteiger partial charge in [0.2, 0.25) is 6.79 Å². The van der Waals surface area contributed by atoms with Crippen LogP contribution in [0, 0.1) is 5.92 Å². The summed E-state index contributed by atoms with van der Waals surface area (Å²) in [5.41, 5.74) is -0.331. The van der Waals surface area contributed by atoms with Crippen LogP contribution in [0.2, 0.25) is 0 Å². The smallest absolute Gasteiger partial charge is 0.231 e. The molecule has 5 nitrogen and oxygen atoms in total. The molecule has 0 bridgehead atoms. The molecule has 0 aromatic carbocycles. The number of fused-ring (bicyclic) bond motifs is 1. The molecule has 0 amide bonds. The van der Waals surface area contributed by atoms with E-state index in [1.165, 1.54) is 0 Å². The van der Waals surface area contributed by atoms with Gasteiger partial charge in [0.1, 0.15) is 0 Å². The van der Waals surface area contributed by atoms with Gasteiger partial charge in [-0.25, -0.2) is 0 Å². The van der Waals surface area contributed by atoms with Crippen LogP contribution in [0.1, 0.15) is 46.5 Å². The molecule has 0 aromatic heterocycles. The molecule has 1 aliphatic heterocycles. The molecular formula is C19H32O5. The molecule has 2 aliphatic rings. The van der Waals surface area contributed by atoms with Crippen LogP contribution in [-0.4, -0.2) is 45.4 Å². The fourth-order valence-corrected chi connectivity index (χ4v) is 3.06. The highest BCUT2D eigenvalue weighted by atomic mass is 16.7. The van der Waals surface area contributed by atoms with Crippen molar-refractivity contribution in [1.29, 1.82) is 0 Å². The van der Waals surface area contributed by atoms with E-state index in [0.717, 1.165) is 43.8 Å². The van der Waals surface area contributed by atoms with Gasteiger partial charge in [0.25, 0.3) is 0 Å². The highest BCUT2D eigenvalue weighted by Crippen LogP contribution is 2.40. The fraction of sp³-hybridized carbons (Fsp3) is 0.789. The molecule has 1 saturated heterocycles.